The number of rotatable bonds is 10. The molecule has 2 aromatic rings. The maximum absolute atomic E-state index is 5.93. The summed E-state index contributed by atoms with van der Waals surface area (Å²) in [5, 5.41) is 0. The van der Waals surface area contributed by atoms with E-state index in [0.29, 0.717) is 0 Å². The van der Waals surface area contributed by atoms with Crippen LogP contribution in [0.3, 0.4) is 0 Å². The summed E-state index contributed by atoms with van der Waals surface area (Å²) in [5.41, 5.74) is 2.62. The van der Waals surface area contributed by atoms with E-state index < -0.39 is 0 Å². The van der Waals surface area contributed by atoms with Crippen molar-refractivity contribution in [2.75, 3.05) is 0 Å². The first-order chi connectivity index (χ1) is 11.8. The monoisotopic (exact) mass is 322 g/mol. The molecule has 2 rings (SSSR count). The van der Waals surface area contributed by atoms with E-state index in [1.807, 2.05) is 12.1 Å². The molecule has 1 heteroatoms. The Bertz CT molecular complexity index is 593. The number of benzene rings is 2. The van der Waals surface area contributed by atoms with E-state index in [0.717, 1.165) is 17.9 Å². The molecule has 0 fully saturated rings. The van der Waals surface area contributed by atoms with Gasteiger partial charge in [0.25, 0.3) is 0 Å². The van der Waals surface area contributed by atoms with Gasteiger partial charge >= 0.3 is 0 Å². The fraction of sp³-hybridized carbons (Fsp3) is 0.391. The van der Waals surface area contributed by atoms with Crippen molar-refractivity contribution in [2.24, 2.45) is 0 Å². The molecule has 2 aromatic carbocycles. The van der Waals surface area contributed by atoms with Crippen LogP contribution in [0, 0.1) is 0 Å². The third kappa shape index (κ3) is 6.62. The lowest BCUT2D eigenvalue weighted by atomic mass is 10.1. The van der Waals surface area contributed by atoms with Gasteiger partial charge in [-0.05, 0) is 54.7 Å². The van der Waals surface area contributed by atoms with Crippen LogP contribution >= 0.6 is 0 Å². The van der Waals surface area contributed by atoms with Gasteiger partial charge < -0.3 is 4.74 Å². The van der Waals surface area contributed by atoms with Gasteiger partial charge in [-0.3, -0.25) is 0 Å². The lowest BCUT2D eigenvalue weighted by Gasteiger charge is -2.07. The summed E-state index contributed by atoms with van der Waals surface area (Å²) in [6.45, 7) is 4.44. The summed E-state index contributed by atoms with van der Waals surface area (Å²) in [6.07, 6.45) is 13.1. The second-order valence-electron chi connectivity index (χ2n) is 6.32. The summed E-state index contributed by atoms with van der Waals surface area (Å²) in [6, 6.07) is 16.8. The van der Waals surface area contributed by atoms with Gasteiger partial charge in [-0.25, -0.2) is 0 Å². The van der Waals surface area contributed by atoms with Crippen molar-refractivity contribution in [3.05, 3.63) is 65.7 Å². The predicted molar refractivity (Wildman–Crippen MR) is 105 cm³/mol. The van der Waals surface area contributed by atoms with Gasteiger partial charge in [0.05, 0.1) is 0 Å². The van der Waals surface area contributed by atoms with Crippen molar-refractivity contribution in [3.63, 3.8) is 0 Å². The Hall–Kier alpha value is -2.02. The molecule has 0 saturated heterocycles. The zero-order valence-electron chi connectivity index (χ0n) is 15.1. The first kappa shape index (κ1) is 18.3. The van der Waals surface area contributed by atoms with E-state index >= 15 is 0 Å². The number of hydrogen-bond donors (Lipinski definition) is 0. The number of allylic oxidation sites excluding steroid dienone is 1. The summed E-state index contributed by atoms with van der Waals surface area (Å²) in [4.78, 5) is 0. The zero-order valence-corrected chi connectivity index (χ0v) is 15.1. The van der Waals surface area contributed by atoms with Gasteiger partial charge in [0.15, 0.2) is 0 Å². The molecule has 0 saturated carbocycles. The highest BCUT2D eigenvalue weighted by Crippen LogP contribution is 2.23. The molecule has 0 aromatic heterocycles. The third-order valence-corrected chi connectivity index (χ3v) is 4.12. The largest absolute Gasteiger partial charge is 0.457 e. The van der Waals surface area contributed by atoms with Crippen molar-refractivity contribution in [1.29, 1.82) is 0 Å². The van der Waals surface area contributed by atoms with Crippen LogP contribution in [0.5, 0.6) is 11.5 Å². The summed E-state index contributed by atoms with van der Waals surface area (Å²) >= 11 is 0. The molecule has 0 unspecified atom stereocenters. The van der Waals surface area contributed by atoms with E-state index in [1.54, 1.807) is 0 Å². The highest BCUT2D eigenvalue weighted by molar-refractivity contribution is 5.50. The van der Waals surface area contributed by atoms with Gasteiger partial charge in [0.2, 0.25) is 0 Å². The van der Waals surface area contributed by atoms with E-state index in [1.165, 1.54) is 49.7 Å². The molecule has 0 atom stereocenters. The Morgan fingerprint density at radius 1 is 0.750 bits per heavy atom. The minimum Gasteiger partial charge on any atom is -0.457 e. The van der Waals surface area contributed by atoms with E-state index in [4.69, 9.17) is 4.74 Å². The maximum Gasteiger partial charge on any atom is 0.127 e. The lowest BCUT2D eigenvalue weighted by Crippen LogP contribution is -1.88. The predicted octanol–water partition coefficient (Wildman–Crippen LogP) is 7.42. The van der Waals surface area contributed by atoms with Crippen LogP contribution in [0.2, 0.25) is 0 Å². The molecular formula is C23H30O. The summed E-state index contributed by atoms with van der Waals surface area (Å²) in [7, 11) is 0. The minimum absolute atomic E-state index is 0.887. The number of hydrogen-bond acceptors (Lipinski definition) is 1. The molecule has 128 valence electrons. The van der Waals surface area contributed by atoms with Gasteiger partial charge in [-0.1, -0.05) is 75.9 Å². The van der Waals surface area contributed by atoms with Gasteiger partial charge in [0.1, 0.15) is 11.5 Å². The van der Waals surface area contributed by atoms with Crippen LogP contribution in [-0.2, 0) is 6.42 Å². The summed E-state index contributed by atoms with van der Waals surface area (Å²) < 4.78 is 5.93. The molecule has 0 aliphatic rings. The molecule has 0 heterocycles. The normalized spacial score (nSPS) is 11.1. The van der Waals surface area contributed by atoms with Gasteiger partial charge in [-0.2, -0.15) is 0 Å². The molecule has 0 radical (unpaired) electrons. The van der Waals surface area contributed by atoms with Crippen molar-refractivity contribution in [1.82, 2.24) is 0 Å². The number of aryl methyl sites for hydroxylation is 1. The highest BCUT2D eigenvalue weighted by atomic mass is 16.5. The second-order valence-corrected chi connectivity index (χ2v) is 6.32. The lowest BCUT2D eigenvalue weighted by molar-refractivity contribution is 0.482. The molecular weight excluding hydrogens is 292 g/mol. The quantitative estimate of drug-likeness (QED) is 0.414. The number of unbranched alkanes of at least 4 members (excludes halogenated alkanes) is 4. The van der Waals surface area contributed by atoms with Crippen LogP contribution in [0.1, 0.15) is 63.5 Å². The van der Waals surface area contributed by atoms with Crippen LogP contribution in [0.4, 0.5) is 0 Å². The van der Waals surface area contributed by atoms with E-state index in [2.05, 4.69) is 62.4 Å². The third-order valence-electron chi connectivity index (χ3n) is 4.12. The molecule has 24 heavy (non-hydrogen) atoms. The van der Waals surface area contributed by atoms with Gasteiger partial charge in [0, 0.05) is 0 Å². The Labute approximate surface area is 147 Å². The van der Waals surface area contributed by atoms with Crippen LogP contribution in [-0.4, -0.2) is 0 Å². The molecule has 0 spiro atoms. The second kappa shape index (κ2) is 10.7. The van der Waals surface area contributed by atoms with Crippen molar-refractivity contribution >= 4 is 6.08 Å². The standard InChI is InChI=1S/C23H30O/c1-3-5-7-9-11-21-14-18-23(19-15-21)24-22-16-12-20(13-17-22)10-8-6-4-2/h8,10,12-19H,3-7,9,11H2,1-2H3. The highest BCUT2D eigenvalue weighted by Gasteiger charge is 1.99. The van der Waals surface area contributed by atoms with E-state index in [-0.39, 0.29) is 0 Å². The molecule has 0 amide bonds. The Kier molecular flexibility index (Phi) is 8.17. The topological polar surface area (TPSA) is 9.23 Å². The smallest absolute Gasteiger partial charge is 0.127 e. The summed E-state index contributed by atoms with van der Waals surface area (Å²) in [5.74, 6) is 1.79. The zero-order chi connectivity index (χ0) is 17.0. The van der Waals surface area contributed by atoms with E-state index in [9.17, 15) is 0 Å². The minimum atomic E-state index is 0.887. The first-order valence-corrected chi connectivity index (χ1v) is 9.35. The fourth-order valence-electron chi connectivity index (χ4n) is 2.65. The van der Waals surface area contributed by atoms with Crippen molar-refractivity contribution in [3.8, 4) is 11.5 Å². The van der Waals surface area contributed by atoms with Crippen molar-refractivity contribution in [2.45, 2.75) is 58.8 Å². The number of ether oxygens (including phenoxy) is 1. The fourth-order valence-corrected chi connectivity index (χ4v) is 2.65. The van der Waals surface area contributed by atoms with Crippen LogP contribution < -0.4 is 4.74 Å². The Balaban J connectivity index is 1.84. The van der Waals surface area contributed by atoms with Crippen LogP contribution in [0.25, 0.3) is 6.08 Å². The molecule has 0 N–H and O–H groups in total. The SMILES string of the molecule is CCCC=Cc1ccc(Oc2ccc(CCCCCC)cc2)cc1. The van der Waals surface area contributed by atoms with Crippen LogP contribution in [0.15, 0.2) is 54.6 Å². The molecule has 0 bridgehead atoms. The van der Waals surface area contributed by atoms with Gasteiger partial charge in [-0.15, -0.1) is 0 Å². The molecule has 0 aliphatic carbocycles. The Morgan fingerprint density at radius 3 is 2.04 bits per heavy atom. The van der Waals surface area contributed by atoms with Crippen molar-refractivity contribution < 1.29 is 4.74 Å². The average molecular weight is 322 g/mol. The Morgan fingerprint density at radius 2 is 1.42 bits per heavy atom. The molecule has 0 aliphatic heterocycles. The maximum atomic E-state index is 5.93. The molecule has 1 nitrogen and oxygen atoms in total. The first-order valence-electron chi connectivity index (χ1n) is 9.35. The average Bonchev–Trinajstić information content (AvgIpc) is 2.62.